The highest BCUT2D eigenvalue weighted by atomic mass is 15.3. The smallest absolute Gasteiger partial charge is 0.142 e. The van der Waals surface area contributed by atoms with Crippen molar-refractivity contribution >= 4 is 11.6 Å². The van der Waals surface area contributed by atoms with Gasteiger partial charge in [0.15, 0.2) is 0 Å². The molecule has 1 heterocycles. The molecule has 92 valence electrons. The van der Waals surface area contributed by atoms with Crippen molar-refractivity contribution in [2.24, 2.45) is 5.84 Å². The number of pyridine rings is 1. The fourth-order valence-corrected chi connectivity index (χ4v) is 2.39. The lowest BCUT2D eigenvalue weighted by atomic mass is 9.77. The van der Waals surface area contributed by atoms with Gasteiger partial charge in [-0.15, -0.1) is 0 Å². The molecule has 1 aliphatic carbocycles. The molecule has 0 spiro atoms. The second-order valence-electron chi connectivity index (χ2n) is 4.53. The maximum absolute atomic E-state index is 5.33. The number of rotatable bonds is 4. The number of hydrogen-bond donors (Lipinski definition) is 3. The summed E-state index contributed by atoms with van der Waals surface area (Å²) >= 11 is 0. The third-order valence-corrected chi connectivity index (χ3v) is 3.39. The van der Waals surface area contributed by atoms with Crippen LogP contribution in [0.15, 0.2) is 42.5 Å². The second kappa shape index (κ2) is 4.66. The number of anilines is 2. The predicted octanol–water partition coefficient (Wildman–Crippen LogP) is 2.12. The van der Waals surface area contributed by atoms with Crippen LogP contribution in [0.4, 0.5) is 11.6 Å². The van der Waals surface area contributed by atoms with Crippen molar-refractivity contribution in [3.8, 4) is 0 Å². The van der Waals surface area contributed by atoms with Crippen molar-refractivity contribution in [3.05, 3.63) is 53.6 Å². The first kappa shape index (κ1) is 11.0. The van der Waals surface area contributed by atoms with Gasteiger partial charge in [0.25, 0.3) is 0 Å². The summed E-state index contributed by atoms with van der Waals surface area (Å²) in [5.74, 6) is 7.46. The molecule has 1 unspecified atom stereocenters. The van der Waals surface area contributed by atoms with Gasteiger partial charge in [-0.3, -0.25) is 0 Å². The van der Waals surface area contributed by atoms with E-state index in [4.69, 9.17) is 5.84 Å². The minimum atomic E-state index is 0.595. The monoisotopic (exact) mass is 240 g/mol. The Morgan fingerprint density at radius 1 is 1.11 bits per heavy atom. The van der Waals surface area contributed by atoms with Gasteiger partial charge in [-0.2, -0.15) is 0 Å². The van der Waals surface area contributed by atoms with Gasteiger partial charge >= 0.3 is 0 Å². The molecule has 1 aliphatic rings. The van der Waals surface area contributed by atoms with Crippen LogP contribution in [0.3, 0.4) is 0 Å². The van der Waals surface area contributed by atoms with E-state index in [0.29, 0.717) is 11.7 Å². The topological polar surface area (TPSA) is 63.0 Å². The van der Waals surface area contributed by atoms with Crippen molar-refractivity contribution in [2.75, 3.05) is 17.3 Å². The molecule has 18 heavy (non-hydrogen) atoms. The molecule has 0 radical (unpaired) electrons. The van der Waals surface area contributed by atoms with Crippen molar-refractivity contribution in [3.63, 3.8) is 0 Å². The second-order valence-corrected chi connectivity index (χ2v) is 4.53. The van der Waals surface area contributed by atoms with E-state index < -0.39 is 0 Å². The minimum absolute atomic E-state index is 0.595. The minimum Gasteiger partial charge on any atom is -0.369 e. The number of benzene rings is 1. The van der Waals surface area contributed by atoms with E-state index in [1.54, 1.807) is 0 Å². The Balaban J connectivity index is 1.63. The summed E-state index contributed by atoms with van der Waals surface area (Å²) in [6, 6.07) is 14.3. The molecular weight excluding hydrogens is 224 g/mol. The van der Waals surface area contributed by atoms with Gasteiger partial charge in [-0.1, -0.05) is 30.3 Å². The molecule has 0 bridgehead atoms. The fourth-order valence-electron chi connectivity index (χ4n) is 2.39. The standard InChI is InChI=1S/C14H16N4/c15-18-14-7-3-6-13(17-14)16-9-11-8-10-4-1-2-5-12(10)11/h1-7,11H,8-9,15H2,(H2,16,17,18). The number of nitrogens with zero attached hydrogens (tertiary/aromatic N) is 1. The molecule has 1 aromatic heterocycles. The van der Waals surface area contributed by atoms with Gasteiger partial charge in [0, 0.05) is 12.5 Å². The molecule has 4 heteroatoms. The quantitative estimate of drug-likeness (QED) is 0.566. The lowest BCUT2D eigenvalue weighted by Gasteiger charge is -2.30. The number of hydrazine groups is 1. The average Bonchev–Trinajstić information content (AvgIpc) is 2.40. The van der Waals surface area contributed by atoms with Crippen LogP contribution in [-0.2, 0) is 6.42 Å². The van der Waals surface area contributed by atoms with Crippen LogP contribution in [-0.4, -0.2) is 11.5 Å². The van der Waals surface area contributed by atoms with E-state index in [1.165, 1.54) is 11.1 Å². The third-order valence-electron chi connectivity index (χ3n) is 3.39. The molecule has 4 nitrogen and oxygen atoms in total. The SMILES string of the molecule is NNc1cccc(NCC2Cc3ccccc32)n1. The van der Waals surface area contributed by atoms with Crippen LogP contribution in [0.2, 0.25) is 0 Å². The largest absolute Gasteiger partial charge is 0.369 e. The van der Waals surface area contributed by atoms with E-state index in [2.05, 4.69) is 40.0 Å². The molecule has 0 amide bonds. The van der Waals surface area contributed by atoms with Gasteiger partial charge in [0.1, 0.15) is 11.6 Å². The van der Waals surface area contributed by atoms with Crippen molar-refractivity contribution in [2.45, 2.75) is 12.3 Å². The summed E-state index contributed by atoms with van der Waals surface area (Å²) in [6.07, 6.45) is 1.15. The van der Waals surface area contributed by atoms with Crippen LogP contribution in [0.5, 0.6) is 0 Å². The van der Waals surface area contributed by atoms with Crippen LogP contribution in [0.1, 0.15) is 17.0 Å². The van der Waals surface area contributed by atoms with Gasteiger partial charge in [-0.25, -0.2) is 10.8 Å². The maximum atomic E-state index is 5.33. The summed E-state index contributed by atoms with van der Waals surface area (Å²) < 4.78 is 0. The summed E-state index contributed by atoms with van der Waals surface area (Å²) in [7, 11) is 0. The summed E-state index contributed by atoms with van der Waals surface area (Å²) in [5.41, 5.74) is 5.47. The Bertz CT molecular complexity index is 553. The number of nitrogens with two attached hydrogens (primary N) is 1. The summed E-state index contributed by atoms with van der Waals surface area (Å²) in [4.78, 5) is 4.33. The molecule has 0 fully saturated rings. The molecule has 3 rings (SSSR count). The number of fused-ring (bicyclic) bond motifs is 1. The number of aromatic nitrogens is 1. The van der Waals surface area contributed by atoms with Crippen molar-refractivity contribution < 1.29 is 0 Å². The first-order valence-electron chi connectivity index (χ1n) is 6.12. The zero-order valence-corrected chi connectivity index (χ0v) is 10.1. The fraction of sp³-hybridized carbons (Fsp3) is 0.214. The number of nitrogens with one attached hydrogen (secondary N) is 2. The Labute approximate surface area is 106 Å². The first-order chi connectivity index (χ1) is 8.86. The van der Waals surface area contributed by atoms with E-state index >= 15 is 0 Å². The molecular formula is C14H16N4. The lowest BCUT2D eigenvalue weighted by Crippen LogP contribution is -2.24. The maximum Gasteiger partial charge on any atom is 0.142 e. The molecule has 1 atom stereocenters. The first-order valence-corrected chi connectivity index (χ1v) is 6.12. The Hall–Kier alpha value is -2.07. The summed E-state index contributed by atoms with van der Waals surface area (Å²) in [6.45, 7) is 0.915. The van der Waals surface area contributed by atoms with E-state index in [1.807, 2.05) is 18.2 Å². The Morgan fingerprint density at radius 2 is 1.94 bits per heavy atom. The zero-order chi connectivity index (χ0) is 12.4. The predicted molar refractivity (Wildman–Crippen MR) is 73.4 cm³/mol. The van der Waals surface area contributed by atoms with E-state index in [-0.39, 0.29) is 0 Å². The molecule has 4 N–H and O–H groups in total. The molecule has 0 saturated heterocycles. The molecule has 2 aromatic rings. The van der Waals surface area contributed by atoms with Gasteiger partial charge in [0.05, 0.1) is 0 Å². The number of hydrogen-bond acceptors (Lipinski definition) is 4. The average molecular weight is 240 g/mol. The van der Waals surface area contributed by atoms with Crippen LogP contribution in [0, 0.1) is 0 Å². The Morgan fingerprint density at radius 3 is 2.78 bits per heavy atom. The van der Waals surface area contributed by atoms with Crippen LogP contribution >= 0.6 is 0 Å². The van der Waals surface area contributed by atoms with Crippen molar-refractivity contribution in [1.29, 1.82) is 0 Å². The molecule has 0 aliphatic heterocycles. The van der Waals surface area contributed by atoms with Crippen LogP contribution in [0.25, 0.3) is 0 Å². The third kappa shape index (κ3) is 2.02. The van der Waals surface area contributed by atoms with E-state index in [9.17, 15) is 0 Å². The normalized spacial score (nSPS) is 16.6. The van der Waals surface area contributed by atoms with Crippen molar-refractivity contribution in [1.82, 2.24) is 4.98 Å². The number of nitrogen functional groups attached to an aromatic ring is 1. The van der Waals surface area contributed by atoms with Crippen LogP contribution < -0.4 is 16.6 Å². The molecule has 0 saturated carbocycles. The highest BCUT2D eigenvalue weighted by molar-refractivity contribution is 5.46. The highest BCUT2D eigenvalue weighted by Crippen LogP contribution is 2.34. The van der Waals surface area contributed by atoms with Gasteiger partial charge in [-0.05, 0) is 29.7 Å². The zero-order valence-electron chi connectivity index (χ0n) is 10.1. The summed E-state index contributed by atoms with van der Waals surface area (Å²) in [5, 5.41) is 3.36. The van der Waals surface area contributed by atoms with Gasteiger partial charge < -0.3 is 10.7 Å². The molecule has 1 aromatic carbocycles. The Kier molecular flexibility index (Phi) is 2.86. The van der Waals surface area contributed by atoms with E-state index in [0.717, 1.165) is 18.8 Å². The highest BCUT2D eigenvalue weighted by Gasteiger charge is 2.24. The lowest BCUT2D eigenvalue weighted by molar-refractivity contribution is 0.634. The van der Waals surface area contributed by atoms with Gasteiger partial charge in [0.2, 0.25) is 0 Å².